The monoisotopic (exact) mass is 232 g/mol. The summed E-state index contributed by atoms with van der Waals surface area (Å²) in [5, 5.41) is 0. The first-order valence-electron chi connectivity index (χ1n) is 3.93. The lowest BCUT2D eigenvalue weighted by atomic mass is 10.1. The van der Waals surface area contributed by atoms with Crippen molar-refractivity contribution >= 4 is 15.9 Å². The summed E-state index contributed by atoms with van der Waals surface area (Å²) in [6, 6.07) is 12.9. The Morgan fingerprint density at radius 2 is 1.85 bits per heavy atom. The number of rotatable bonds is 1. The molecule has 2 heteroatoms. The largest absolute Gasteiger partial charge is 0.263 e. The van der Waals surface area contributed by atoms with Gasteiger partial charge in [0.25, 0.3) is 0 Å². The second kappa shape index (κ2) is 3.71. The van der Waals surface area contributed by atoms with Gasteiger partial charge in [0.1, 0.15) is 0 Å². The lowest BCUT2D eigenvalue weighted by Crippen LogP contribution is -1.79. The predicted octanol–water partition coefficient (Wildman–Crippen LogP) is 3.31. The molecule has 0 amide bonds. The fraction of sp³-hybridized carbons (Fsp3) is 0. The van der Waals surface area contributed by atoms with E-state index in [4.69, 9.17) is 0 Å². The highest BCUT2D eigenvalue weighted by Crippen LogP contribution is 2.20. The van der Waals surface area contributed by atoms with E-state index in [1.54, 1.807) is 6.20 Å². The minimum absolute atomic E-state index is 0.998. The zero-order valence-electron chi connectivity index (χ0n) is 6.87. The van der Waals surface area contributed by atoms with Gasteiger partial charge in [-0.05, 0) is 33.6 Å². The SMILES string of the molecule is Brc1cncc(-c2cc[c]cc2)c1. The Hall–Kier alpha value is -1.15. The van der Waals surface area contributed by atoms with Crippen molar-refractivity contribution in [1.29, 1.82) is 0 Å². The van der Waals surface area contributed by atoms with Crippen molar-refractivity contribution in [3.8, 4) is 11.1 Å². The van der Waals surface area contributed by atoms with Gasteiger partial charge in [-0.1, -0.05) is 24.3 Å². The zero-order valence-corrected chi connectivity index (χ0v) is 8.45. The highest BCUT2D eigenvalue weighted by molar-refractivity contribution is 9.10. The fourth-order valence-corrected chi connectivity index (χ4v) is 1.51. The number of aromatic nitrogens is 1. The summed E-state index contributed by atoms with van der Waals surface area (Å²) in [5.74, 6) is 0. The van der Waals surface area contributed by atoms with Crippen molar-refractivity contribution in [3.05, 3.63) is 53.3 Å². The Morgan fingerprint density at radius 3 is 2.54 bits per heavy atom. The third kappa shape index (κ3) is 1.95. The molecule has 1 heterocycles. The average Bonchev–Trinajstić information content (AvgIpc) is 2.19. The molecule has 0 saturated heterocycles. The molecule has 2 rings (SSSR count). The van der Waals surface area contributed by atoms with Crippen molar-refractivity contribution in [2.75, 3.05) is 0 Å². The van der Waals surface area contributed by atoms with Gasteiger partial charge in [0.2, 0.25) is 0 Å². The second-order valence-electron chi connectivity index (χ2n) is 2.68. The van der Waals surface area contributed by atoms with Gasteiger partial charge in [0, 0.05) is 22.4 Å². The summed E-state index contributed by atoms with van der Waals surface area (Å²) in [6.45, 7) is 0. The highest BCUT2D eigenvalue weighted by atomic mass is 79.9. The lowest BCUT2D eigenvalue weighted by Gasteiger charge is -1.99. The molecule has 0 spiro atoms. The third-order valence-corrected chi connectivity index (χ3v) is 2.19. The fourth-order valence-electron chi connectivity index (χ4n) is 1.15. The van der Waals surface area contributed by atoms with E-state index in [0.717, 1.165) is 15.6 Å². The number of nitrogens with zero attached hydrogens (tertiary/aromatic N) is 1. The van der Waals surface area contributed by atoms with Crippen LogP contribution in [0.15, 0.2) is 47.2 Å². The van der Waals surface area contributed by atoms with Crippen LogP contribution in [0.1, 0.15) is 0 Å². The van der Waals surface area contributed by atoms with Crippen molar-refractivity contribution in [1.82, 2.24) is 4.98 Å². The molecule has 0 aliphatic heterocycles. The summed E-state index contributed by atoms with van der Waals surface area (Å²) in [6.07, 6.45) is 3.62. The van der Waals surface area contributed by atoms with Crippen LogP contribution in [0.2, 0.25) is 0 Å². The van der Waals surface area contributed by atoms with E-state index < -0.39 is 0 Å². The first-order valence-corrected chi connectivity index (χ1v) is 4.72. The minimum Gasteiger partial charge on any atom is -0.263 e. The van der Waals surface area contributed by atoms with Crippen LogP contribution in [0.3, 0.4) is 0 Å². The molecule has 2 aromatic rings. The number of halogens is 1. The van der Waals surface area contributed by atoms with Gasteiger partial charge >= 0.3 is 0 Å². The predicted molar refractivity (Wildman–Crippen MR) is 56.2 cm³/mol. The van der Waals surface area contributed by atoms with Crippen molar-refractivity contribution in [2.45, 2.75) is 0 Å². The maximum atomic E-state index is 4.10. The molecule has 1 nitrogen and oxygen atoms in total. The first-order chi connectivity index (χ1) is 6.36. The van der Waals surface area contributed by atoms with E-state index in [2.05, 4.69) is 27.0 Å². The summed E-state index contributed by atoms with van der Waals surface area (Å²) >= 11 is 3.39. The maximum Gasteiger partial charge on any atom is 0.0410 e. The van der Waals surface area contributed by atoms with Gasteiger partial charge in [0.15, 0.2) is 0 Å². The van der Waals surface area contributed by atoms with Crippen LogP contribution in [0.4, 0.5) is 0 Å². The van der Waals surface area contributed by atoms with E-state index in [-0.39, 0.29) is 0 Å². The molecule has 1 radical (unpaired) electrons. The number of hydrogen-bond donors (Lipinski definition) is 0. The van der Waals surface area contributed by atoms with Crippen LogP contribution in [0.5, 0.6) is 0 Å². The van der Waals surface area contributed by atoms with Crippen LogP contribution in [0, 0.1) is 6.07 Å². The molecule has 1 aromatic carbocycles. The van der Waals surface area contributed by atoms with Gasteiger partial charge in [-0.3, -0.25) is 4.98 Å². The van der Waals surface area contributed by atoms with E-state index in [0.29, 0.717) is 0 Å². The minimum atomic E-state index is 0.998. The smallest absolute Gasteiger partial charge is 0.0410 e. The average molecular weight is 233 g/mol. The third-order valence-electron chi connectivity index (χ3n) is 1.76. The number of benzene rings is 1. The Labute approximate surface area is 85.6 Å². The van der Waals surface area contributed by atoms with Crippen molar-refractivity contribution in [3.63, 3.8) is 0 Å². The van der Waals surface area contributed by atoms with Gasteiger partial charge in [-0.2, -0.15) is 0 Å². The van der Waals surface area contributed by atoms with Gasteiger partial charge < -0.3 is 0 Å². The molecule has 0 aliphatic carbocycles. The Kier molecular flexibility index (Phi) is 2.41. The standard InChI is InChI=1S/C11H7BrN/c12-11-6-10(7-13-8-11)9-4-2-1-3-5-9/h2-8H. The molecule has 0 bridgehead atoms. The van der Waals surface area contributed by atoms with E-state index in [1.807, 2.05) is 36.5 Å². The molecule has 0 saturated carbocycles. The molecule has 0 N–H and O–H groups in total. The van der Waals surface area contributed by atoms with Crippen LogP contribution in [0.25, 0.3) is 11.1 Å². The first kappa shape index (κ1) is 8.45. The van der Waals surface area contributed by atoms with Crippen LogP contribution in [-0.4, -0.2) is 4.98 Å². The Balaban J connectivity index is 2.48. The molecular weight excluding hydrogens is 226 g/mol. The summed E-state index contributed by atoms with van der Waals surface area (Å²) in [5.41, 5.74) is 2.27. The van der Waals surface area contributed by atoms with Crippen LogP contribution >= 0.6 is 15.9 Å². The Morgan fingerprint density at radius 1 is 1.08 bits per heavy atom. The second-order valence-corrected chi connectivity index (χ2v) is 3.60. The van der Waals surface area contributed by atoms with Gasteiger partial charge in [-0.25, -0.2) is 0 Å². The molecule has 13 heavy (non-hydrogen) atoms. The summed E-state index contributed by atoms with van der Waals surface area (Å²) in [4.78, 5) is 4.10. The summed E-state index contributed by atoms with van der Waals surface area (Å²) in [7, 11) is 0. The molecule has 0 atom stereocenters. The quantitative estimate of drug-likeness (QED) is 0.736. The van der Waals surface area contributed by atoms with Crippen LogP contribution in [-0.2, 0) is 0 Å². The van der Waals surface area contributed by atoms with Gasteiger partial charge in [0.05, 0.1) is 0 Å². The lowest BCUT2D eigenvalue weighted by molar-refractivity contribution is 1.31. The van der Waals surface area contributed by atoms with E-state index in [9.17, 15) is 0 Å². The van der Waals surface area contributed by atoms with Crippen molar-refractivity contribution < 1.29 is 0 Å². The number of pyridine rings is 1. The molecule has 63 valence electrons. The topological polar surface area (TPSA) is 12.9 Å². The van der Waals surface area contributed by atoms with E-state index >= 15 is 0 Å². The molecule has 0 aliphatic rings. The number of hydrogen-bond acceptors (Lipinski definition) is 1. The maximum absolute atomic E-state index is 4.10. The summed E-state index contributed by atoms with van der Waals surface area (Å²) < 4.78 is 0.998. The highest BCUT2D eigenvalue weighted by Gasteiger charge is 1.96. The Bertz CT molecular complexity index is 398. The van der Waals surface area contributed by atoms with E-state index in [1.165, 1.54) is 0 Å². The zero-order chi connectivity index (χ0) is 9.10. The van der Waals surface area contributed by atoms with Crippen molar-refractivity contribution in [2.24, 2.45) is 0 Å². The van der Waals surface area contributed by atoms with Crippen LogP contribution < -0.4 is 0 Å². The molecular formula is C11H7BrN. The normalized spacial score (nSPS) is 9.92. The molecule has 0 fully saturated rings. The van der Waals surface area contributed by atoms with Gasteiger partial charge in [-0.15, -0.1) is 0 Å². The molecule has 1 aromatic heterocycles. The molecule has 0 unspecified atom stereocenters.